The van der Waals surface area contributed by atoms with E-state index in [9.17, 15) is 14.4 Å². The summed E-state index contributed by atoms with van der Waals surface area (Å²) in [6.07, 6.45) is 2.64. The van der Waals surface area contributed by atoms with Crippen LogP contribution in [0.3, 0.4) is 0 Å². The molecule has 0 spiro atoms. The Hall–Kier alpha value is -2.02. The van der Waals surface area contributed by atoms with E-state index in [4.69, 9.17) is 5.11 Å². The van der Waals surface area contributed by atoms with Crippen LogP contribution >= 0.6 is 11.8 Å². The molecule has 1 unspecified atom stereocenters. The molecule has 0 saturated carbocycles. The number of hydrogen-bond donors (Lipinski definition) is 1. The van der Waals surface area contributed by atoms with Gasteiger partial charge < -0.3 is 14.9 Å². The van der Waals surface area contributed by atoms with Crippen molar-refractivity contribution in [1.29, 1.82) is 0 Å². The van der Waals surface area contributed by atoms with Gasteiger partial charge in [-0.1, -0.05) is 0 Å². The molecule has 1 N–H and O–H groups in total. The minimum absolute atomic E-state index is 0.0368. The summed E-state index contributed by atoms with van der Waals surface area (Å²) in [4.78, 5) is 39.5. The van der Waals surface area contributed by atoms with Gasteiger partial charge in [0.15, 0.2) is 0 Å². The Labute approximate surface area is 145 Å². The van der Waals surface area contributed by atoms with Gasteiger partial charge in [0.05, 0.1) is 5.92 Å². The van der Waals surface area contributed by atoms with Crippen LogP contribution in [0.1, 0.15) is 19.3 Å². The maximum atomic E-state index is 12.4. The average Bonchev–Trinajstić information content (AvgIpc) is 2.95. The van der Waals surface area contributed by atoms with Crippen LogP contribution in [0, 0.1) is 5.92 Å². The van der Waals surface area contributed by atoms with Crippen molar-refractivity contribution in [3.8, 4) is 0 Å². The molecule has 1 saturated heterocycles. The van der Waals surface area contributed by atoms with Crippen LogP contribution in [0.2, 0.25) is 0 Å². The van der Waals surface area contributed by atoms with E-state index >= 15 is 0 Å². The number of carbonyl (C=O) groups is 3. The standard InChI is InChI=1S/C17H22N2O4S/c1-18(9-3-4-16(21)22)17(23)12-10-15(20)19(11-12)13-5-7-14(24-2)8-6-13/h5-8,12H,3-4,9-11H2,1-2H3,(H,21,22). The number of nitrogens with zero attached hydrogens (tertiary/aromatic N) is 2. The fourth-order valence-electron chi connectivity index (χ4n) is 2.77. The SMILES string of the molecule is CSc1ccc(N2CC(C(=O)N(C)CCCC(=O)O)CC2=O)cc1. The van der Waals surface area contributed by atoms with E-state index in [1.54, 1.807) is 23.7 Å². The van der Waals surface area contributed by atoms with Gasteiger partial charge in [0.1, 0.15) is 0 Å². The second-order valence-corrected chi connectivity index (χ2v) is 6.74. The molecule has 1 fully saturated rings. The molecule has 1 heterocycles. The lowest BCUT2D eigenvalue weighted by Crippen LogP contribution is -2.35. The molecular weight excluding hydrogens is 328 g/mol. The van der Waals surface area contributed by atoms with Crippen molar-refractivity contribution in [3.63, 3.8) is 0 Å². The maximum absolute atomic E-state index is 12.4. The Morgan fingerprint density at radius 3 is 2.58 bits per heavy atom. The maximum Gasteiger partial charge on any atom is 0.303 e. The van der Waals surface area contributed by atoms with Gasteiger partial charge in [-0.3, -0.25) is 14.4 Å². The van der Waals surface area contributed by atoms with Crippen LogP contribution in [0.4, 0.5) is 5.69 Å². The van der Waals surface area contributed by atoms with Crippen molar-refractivity contribution >= 4 is 35.2 Å². The van der Waals surface area contributed by atoms with E-state index in [1.807, 2.05) is 30.5 Å². The number of thioether (sulfide) groups is 1. The number of benzene rings is 1. The Morgan fingerprint density at radius 2 is 2.00 bits per heavy atom. The van der Waals surface area contributed by atoms with Crippen molar-refractivity contribution in [2.75, 3.05) is 31.3 Å². The fourth-order valence-corrected chi connectivity index (χ4v) is 3.18. The lowest BCUT2D eigenvalue weighted by Gasteiger charge is -2.21. The molecule has 1 aromatic rings. The van der Waals surface area contributed by atoms with E-state index in [0.717, 1.165) is 10.6 Å². The zero-order valence-corrected chi connectivity index (χ0v) is 14.7. The first-order valence-electron chi connectivity index (χ1n) is 7.83. The molecule has 130 valence electrons. The van der Waals surface area contributed by atoms with Crippen LogP contribution < -0.4 is 4.90 Å². The number of anilines is 1. The second-order valence-electron chi connectivity index (χ2n) is 5.86. The zero-order chi connectivity index (χ0) is 17.7. The smallest absolute Gasteiger partial charge is 0.303 e. The number of rotatable bonds is 7. The molecular formula is C17H22N2O4S. The highest BCUT2D eigenvalue weighted by Gasteiger charge is 2.36. The number of amides is 2. The summed E-state index contributed by atoms with van der Waals surface area (Å²) in [5.41, 5.74) is 0.807. The second kappa shape index (κ2) is 8.19. The van der Waals surface area contributed by atoms with Crippen LogP contribution in [-0.4, -0.2) is 54.2 Å². The molecule has 1 atom stereocenters. The van der Waals surface area contributed by atoms with E-state index in [1.165, 1.54) is 4.90 Å². The topological polar surface area (TPSA) is 77.9 Å². The Kier molecular flexibility index (Phi) is 6.25. The van der Waals surface area contributed by atoms with E-state index in [0.29, 0.717) is 19.5 Å². The van der Waals surface area contributed by atoms with Crippen molar-refractivity contribution < 1.29 is 19.5 Å². The Balaban J connectivity index is 1.95. The Bertz CT molecular complexity index is 618. The number of carboxylic acid groups (broad SMARTS) is 1. The molecule has 2 rings (SSSR count). The third-order valence-electron chi connectivity index (χ3n) is 4.12. The van der Waals surface area contributed by atoms with Crippen molar-refractivity contribution in [2.24, 2.45) is 5.92 Å². The van der Waals surface area contributed by atoms with Gasteiger partial charge in [0, 0.05) is 43.6 Å². The molecule has 1 aliphatic heterocycles. The van der Waals surface area contributed by atoms with E-state index in [2.05, 4.69) is 0 Å². The predicted molar refractivity (Wildman–Crippen MR) is 93.2 cm³/mol. The fraction of sp³-hybridized carbons (Fsp3) is 0.471. The van der Waals surface area contributed by atoms with Gasteiger partial charge in [-0.15, -0.1) is 11.8 Å². The molecule has 1 aliphatic rings. The van der Waals surface area contributed by atoms with Crippen LogP contribution in [0.15, 0.2) is 29.2 Å². The normalized spacial score (nSPS) is 17.2. The van der Waals surface area contributed by atoms with Crippen LogP contribution in [0.5, 0.6) is 0 Å². The summed E-state index contributed by atoms with van der Waals surface area (Å²) in [6, 6.07) is 7.71. The first kappa shape index (κ1) is 18.3. The van der Waals surface area contributed by atoms with Gasteiger partial charge in [0.2, 0.25) is 11.8 Å². The number of aliphatic carboxylic acids is 1. The first-order chi connectivity index (χ1) is 11.4. The van der Waals surface area contributed by atoms with Gasteiger partial charge in [-0.25, -0.2) is 0 Å². The summed E-state index contributed by atoms with van der Waals surface area (Å²) in [6.45, 7) is 0.762. The van der Waals surface area contributed by atoms with Gasteiger partial charge >= 0.3 is 5.97 Å². The zero-order valence-electron chi connectivity index (χ0n) is 13.9. The monoisotopic (exact) mass is 350 g/mol. The molecule has 0 bridgehead atoms. The Morgan fingerprint density at radius 1 is 1.33 bits per heavy atom. The summed E-state index contributed by atoms with van der Waals surface area (Å²) >= 11 is 1.63. The van der Waals surface area contributed by atoms with Crippen molar-refractivity contribution in [2.45, 2.75) is 24.2 Å². The summed E-state index contributed by atoms with van der Waals surface area (Å²) in [5.74, 6) is -1.39. The quantitative estimate of drug-likeness (QED) is 0.762. The number of hydrogen-bond acceptors (Lipinski definition) is 4. The lowest BCUT2D eigenvalue weighted by atomic mass is 10.1. The lowest BCUT2D eigenvalue weighted by molar-refractivity contribution is -0.138. The van der Waals surface area contributed by atoms with E-state index < -0.39 is 5.97 Å². The molecule has 1 aromatic carbocycles. The molecule has 0 aliphatic carbocycles. The van der Waals surface area contributed by atoms with Gasteiger partial charge in [-0.05, 0) is 36.9 Å². The third kappa shape index (κ3) is 4.50. The molecule has 0 aromatic heterocycles. The number of carboxylic acids is 1. The highest BCUT2D eigenvalue weighted by Crippen LogP contribution is 2.27. The molecule has 6 nitrogen and oxygen atoms in total. The van der Waals surface area contributed by atoms with Crippen LogP contribution in [0.25, 0.3) is 0 Å². The molecule has 2 amide bonds. The van der Waals surface area contributed by atoms with Gasteiger partial charge in [-0.2, -0.15) is 0 Å². The highest BCUT2D eigenvalue weighted by atomic mass is 32.2. The first-order valence-corrected chi connectivity index (χ1v) is 9.06. The summed E-state index contributed by atoms with van der Waals surface area (Å²) in [5, 5.41) is 8.65. The van der Waals surface area contributed by atoms with Crippen molar-refractivity contribution in [1.82, 2.24) is 4.90 Å². The highest BCUT2D eigenvalue weighted by molar-refractivity contribution is 7.98. The summed E-state index contributed by atoms with van der Waals surface area (Å²) < 4.78 is 0. The van der Waals surface area contributed by atoms with Crippen LogP contribution in [-0.2, 0) is 14.4 Å². The minimum atomic E-state index is -0.869. The van der Waals surface area contributed by atoms with Crippen molar-refractivity contribution in [3.05, 3.63) is 24.3 Å². The summed E-state index contributed by atoms with van der Waals surface area (Å²) in [7, 11) is 1.66. The number of carbonyl (C=O) groups excluding carboxylic acids is 2. The molecule has 7 heteroatoms. The largest absolute Gasteiger partial charge is 0.481 e. The van der Waals surface area contributed by atoms with Gasteiger partial charge in [0.25, 0.3) is 0 Å². The average molecular weight is 350 g/mol. The molecule has 0 radical (unpaired) electrons. The third-order valence-corrected chi connectivity index (χ3v) is 4.86. The minimum Gasteiger partial charge on any atom is -0.481 e. The van der Waals surface area contributed by atoms with E-state index in [-0.39, 0.29) is 30.6 Å². The predicted octanol–water partition coefficient (Wildman–Crippen LogP) is 2.08. The molecule has 24 heavy (non-hydrogen) atoms.